The van der Waals surface area contributed by atoms with Crippen LogP contribution in [0.25, 0.3) is 0 Å². The van der Waals surface area contributed by atoms with Crippen molar-refractivity contribution in [2.45, 2.75) is 105 Å². The summed E-state index contributed by atoms with van der Waals surface area (Å²) in [6.45, 7) is 18.7. The molecule has 0 saturated heterocycles. The molecule has 8 atom stereocenters. The Bertz CT molecular complexity index is 1510. The van der Waals surface area contributed by atoms with E-state index in [1.165, 1.54) is 5.57 Å². The molecule has 5 fully saturated rings. The molecule has 0 unspecified atom stereocenters. The lowest BCUT2D eigenvalue weighted by Crippen LogP contribution is -2.85. The molecule has 0 heterocycles. The zero-order chi connectivity index (χ0) is 30.8. The van der Waals surface area contributed by atoms with Gasteiger partial charge >= 0.3 is 0 Å². The Morgan fingerprint density at radius 1 is 0.833 bits per heavy atom. The Morgan fingerprint density at radius 3 is 2.05 bits per heavy atom. The van der Waals surface area contributed by atoms with Crippen molar-refractivity contribution in [1.82, 2.24) is 0 Å². The van der Waals surface area contributed by atoms with Gasteiger partial charge in [-0.25, -0.2) is 0 Å². The van der Waals surface area contributed by atoms with Crippen molar-refractivity contribution >= 4 is 17.3 Å². The number of aliphatic hydroxyl groups is 1. The first kappa shape index (κ1) is 29.5. The van der Waals surface area contributed by atoms with Gasteiger partial charge in [0, 0.05) is 11.0 Å². The van der Waals surface area contributed by atoms with Crippen LogP contribution in [0.2, 0.25) is 0 Å². The standard InChI is InChI=1S/C38H48O4/c1-22(2)14-16-25-20-35-21-29-33(7,8)27-13-11-10-12-26(27)30(39)37(29)32(41)36(31(35)40,19-18-24(5)6)28(17-15-23(3)4)34(25,9)38(35,37)42/h10-15,18,25,28-29,42H,16-17,19-21H2,1-9H3/t25-,28-,29-,34-,35-,36-,37-,38+/m0/s1. The summed E-state index contributed by atoms with van der Waals surface area (Å²) < 4.78 is 0. The van der Waals surface area contributed by atoms with Gasteiger partial charge in [-0.1, -0.05) is 80.0 Å². The summed E-state index contributed by atoms with van der Waals surface area (Å²) in [4.78, 5) is 46.3. The third-order valence-corrected chi connectivity index (χ3v) is 13.0. The minimum absolute atomic E-state index is 0.0236. The summed E-state index contributed by atoms with van der Waals surface area (Å²) in [5.41, 5.74) is -2.42. The van der Waals surface area contributed by atoms with Gasteiger partial charge in [0.1, 0.15) is 11.0 Å². The molecule has 0 aromatic heterocycles. The number of hydrogen-bond donors (Lipinski definition) is 1. The van der Waals surface area contributed by atoms with Crippen LogP contribution in [0, 0.1) is 39.4 Å². The van der Waals surface area contributed by atoms with Crippen LogP contribution in [0.5, 0.6) is 0 Å². The van der Waals surface area contributed by atoms with Crippen molar-refractivity contribution in [3.63, 3.8) is 0 Å². The maximum absolute atomic E-state index is 15.7. The van der Waals surface area contributed by atoms with E-state index in [4.69, 9.17) is 0 Å². The number of carbonyl (C=O) groups is 3. The van der Waals surface area contributed by atoms with E-state index in [2.05, 4.69) is 46.8 Å². The third-order valence-electron chi connectivity index (χ3n) is 13.0. The minimum Gasteiger partial charge on any atom is -0.387 e. The van der Waals surface area contributed by atoms with Crippen LogP contribution in [-0.4, -0.2) is 28.1 Å². The summed E-state index contributed by atoms with van der Waals surface area (Å²) in [5, 5.41) is 13.8. The Labute approximate surface area is 251 Å². The Balaban J connectivity index is 1.75. The first-order valence-electron chi connectivity index (χ1n) is 15.9. The molecule has 5 saturated carbocycles. The first-order valence-corrected chi connectivity index (χ1v) is 15.9. The smallest absolute Gasteiger partial charge is 0.180 e. The summed E-state index contributed by atoms with van der Waals surface area (Å²) in [6.07, 6.45) is 8.87. The molecule has 5 bridgehead atoms. The number of carbonyl (C=O) groups excluding carboxylic acids is 3. The van der Waals surface area contributed by atoms with E-state index >= 15 is 14.4 Å². The average Bonchev–Trinajstić information content (AvgIpc) is 3.24. The van der Waals surface area contributed by atoms with Crippen molar-refractivity contribution in [3.05, 3.63) is 70.3 Å². The Hall–Kier alpha value is -2.59. The molecule has 4 heteroatoms. The topological polar surface area (TPSA) is 71.4 Å². The van der Waals surface area contributed by atoms with Crippen molar-refractivity contribution in [1.29, 1.82) is 0 Å². The van der Waals surface area contributed by atoms with E-state index in [0.29, 0.717) is 31.2 Å². The van der Waals surface area contributed by atoms with Gasteiger partial charge in [0.25, 0.3) is 0 Å². The zero-order valence-corrected chi connectivity index (χ0v) is 27.0. The molecule has 0 radical (unpaired) electrons. The van der Waals surface area contributed by atoms with Crippen LogP contribution in [0.3, 0.4) is 0 Å². The second-order valence-corrected chi connectivity index (χ2v) is 15.8. The molecule has 1 N–H and O–H groups in total. The monoisotopic (exact) mass is 568 g/mol. The number of Topliss-reactive ketones (excluding diaryl/α,β-unsaturated/α-hetero) is 3. The van der Waals surface area contributed by atoms with Crippen LogP contribution in [-0.2, 0) is 15.0 Å². The van der Waals surface area contributed by atoms with Crippen molar-refractivity contribution in [2.75, 3.05) is 0 Å². The Kier molecular flexibility index (Phi) is 6.14. The average molecular weight is 569 g/mol. The fraction of sp³-hybridized carbons (Fsp3) is 0.605. The van der Waals surface area contributed by atoms with Gasteiger partial charge in [0.2, 0.25) is 0 Å². The Morgan fingerprint density at radius 2 is 1.43 bits per heavy atom. The van der Waals surface area contributed by atoms with E-state index in [0.717, 1.165) is 23.1 Å². The molecule has 0 amide bonds. The lowest BCUT2D eigenvalue weighted by atomic mass is 9.30. The summed E-state index contributed by atoms with van der Waals surface area (Å²) in [6, 6.07) is 7.65. The van der Waals surface area contributed by atoms with Crippen LogP contribution in [0.1, 0.15) is 110 Å². The number of ketones is 3. The molecule has 4 nitrogen and oxygen atoms in total. The first-order chi connectivity index (χ1) is 19.5. The molecule has 1 spiro atoms. The van der Waals surface area contributed by atoms with Crippen molar-refractivity contribution in [2.24, 2.45) is 39.4 Å². The molecule has 1 aromatic carbocycles. The largest absolute Gasteiger partial charge is 0.387 e. The van der Waals surface area contributed by atoms with Gasteiger partial charge in [-0.2, -0.15) is 0 Å². The maximum atomic E-state index is 15.7. The molecule has 6 aliphatic rings. The SMILES string of the molecule is CC(C)=CC[C@H]1C[C@]23C[C@H]4C(C)(C)c5ccccc5C(=O)[C@]45C(=O)[C@](CC=C(C)C)(C2=O)[C@@H](CC=C(C)C)[C@@]1(C)[C@@]35O. The lowest BCUT2D eigenvalue weighted by Gasteiger charge is -2.71. The highest BCUT2D eigenvalue weighted by atomic mass is 16.3. The normalized spacial score (nSPS) is 41.8. The lowest BCUT2D eigenvalue weighted by molar-refractivity contribution is -0.261. The summed E-state index contributed by atoms with van der Waals surface area (Å²) >= 11 is 0. The van der Waals surface area contributed by atoms with Gasteiger partial charge in [0.15, 0.2) is 17.3 Å². The molecule has 7 rings (SSSR count). The summed E-state index contributed by atoms with van der Waals surface area (Å²) in [7, 11) is 0. The minimum atomic E-state index is -1.75. The predicted octanol–water partition coefficient (Wildman–Crippen LogP) is 7.75. The number of fused-ring (bicyclic) bond motifs is 1. The van der Waals surface area contributed by atoms with E-state index in [-0.39, 0.29) is 23.3 Å². The van der Waals surface area contributed by atoms with E-state index in [1.54, 1.807) is 0 Å². The highest BCUT2D eigenvalue weighted by Crippen LogP contribution is 2.89. The molecular formula is C38H48O4. The van der Waals surface area contributed by atoms with Crippen LogP contribution in [0.4, 0.5) is 0 Å². The van der Waals surface area contributed by atoms with Crippen LogP contribution in [0.15, 0.2) is 59.2 Å². The van der Waals surface area contributed by atoms with E-state index in [1.807, 2.05) is 58.0 Å². The molecule has 1 aromatic rings. The van der Waals surface area contributed by atoms with Crippen LogP contribution >= 0.6 is 0 Å². The highest BCUT2D eigenvalue weighted by Gasteiger charge is 2.99. The fourth-order valence-electron chi connectivity index (χ4n) is 11.4. The number of benzene rings is 1. The van der Waals surface area contributed by atoms with Gasteiger partial charge in [-0.15, -0.1) is 0 Å². The fourth-order valence-corrected chi connectivity index (χ4v) is 11.4. The maximum Gasteiger partial charge on any atom is 0.180 e. The van der Waals surface area contributed by atoms with E-state index in [9.17, 15) is 5.11 Å². The van der Waals surface area contributed by atoms with Crippen molar-refractivity contribution < 1.29 is 19.5 Å². The zero-order valence-electron chi connectivity index (χ0n) is 27.0. The van der Waals surface area contributed by atoms with Crippen LogP contribution < -0.4 is 0 Å². The second-order valence-electron chi connectivity index (χ2n) is 15.8. The molecule has 42 heavy (non-hydrogen) atoms. The highest BCUT2D eigenvalue weighted by molar-refractivity contribution is 6.30. The van der Waals surface area contributed by atoms with Crippen molar-refractivity contribution in [3.8, 4) is 0 Å². The summed E-state index contributed by atoms with van der Waals surface area (Å²) in [5.74, 6) is -1.50. The van der Waals surface area contributed by atoms with Gasteiger partial charge < -0.3 is 5.11 Å². The van der Waals surface area contributed by atoms with Gasteiger partial charge in [0.05, 0.1) is 10.8 Å². The molecular weight excluding hydrogens is 520 g/mol. The molecule has 224 valence electrons. The second kappa shape index (κ2) is 8.74. The van der Waals surface area contributed by atoms with E-state index < -0.39 is 44.5 Å². The predicted molar refractivity (Wildman–Crippen MR) is 166 cm³/mol. The number of rotatable bonds is 6. The van der Waals surface area contributed by atoms with Gasteiger partial charge in [-0.05, 0) is 102 Å². The molecule has 0 aliphatic heterocycles. The quantitative estimate of drug-likeness (QED) is 0.281. The molecule has 6 aliphatic carbocycles. The number of hydrogen-bond acceptors (Lipinski definition) is 4. The third kappa shape index (κ3) is 2.87. The van der Waals surface area contributed by atoms with Gasteiger partial charge in [-0.3, -0.25) is 14.4 Å². The number of allylic oxidation sites excluding steroid dienone is 6.